The zero-order chi connectivity index (χ0) is 12.4. The van der Waals surface area contributed by atoms with Gasteiger partial charge in [-0.25, -0.2) is 14.8 Å². The van der Waals surface area contributed by atoms with Crippen LogP contribution in [0.25, 0.3) is 6.08 Å². The topological polar surface area (TPSA) is 52.1 Å². The molecular weight excluding hydrogens is 236 g/mol. The van der Waals surface area contributed by atoms with Crippen LogP contribution in [-0.4, -0.2) is 28.4 Å². The highest BCUT2D eigenvalue weighted by atomic mass is 32.1. The first-order valence-electron chi connectivity index (χ1n) is 5.29. The molecule has 1 aliphatic rings. The molecule has 88 valence electrons. The third kappa shape index (κ3) is 2.24. The Morgan fingerprint density at radius 1 is 1.53 bits per heavy atom. The van der Waals surface area contributed by atoms with Gasteiger partial charge in [-0.2, -0.15) is 0 Å². The van der Waals surface area contributed by atoms with Gasteiger partial charge in [0.1, 0.15) is 5.82 Å². The smallest absolute Gasteiger partial charge is 0.357 e. The van der Waals surface area contributed by atoms with E-state index >= 15 is 0 Å². The van der Waals surface area contributed by atoms with E-state index in [1.807, 2.05) is 0 Å². The summed E-state index contributed by atoms with van der Waals surface area (Å²) >= 11 is 4.91. The number of hydrogen-bond acceptors (Lipinski definition) is 5. The Bertz CT molecular complexity index is 496. The first-order valence-corrected chi connectivity index (χ1v) is 5.76. The zero-order valence-corrected chi connectivity index (χ0v) is 10.3. The average Bonchev–Trinajstić information content (AvgIpc) is 3.20. The number of carbonyl (C=O) groups is 1. The largest absolute Gasteiger partial charge is 0.464 e. The lowest BCUT2D eigenvalue weighted by Gasteiger charge is -2.08. The first-order chi connectivity index (χ1) is 8.21. The van der Waals surface area contributed by atoms with Gasteiger partial charge in [0.15, 0.2) is 5.69 Å². The number of rotatable bonds is 4. The maximum Gasteiger partial charge on any atom is 0.357 e. The Kier molecular flexibility index (Phi) is 3.28. The number of esters is 1. The van der Waals surface area contributed by atoms with E-state index in [9.17, 15) is 4.79 Å². The average molecular weight is 248 g/mol. The zero-order valence-electron chi connectivity index (χ0n) is 9.47. The number of nitrogens with zero attached hydrogens (tertiary/aromatic N) is 2. The molecule has 1 fully saturated rings. The molecule has 1 aromatic rings. The van der Waals surface area contributed by atoms with Crippen molar-refractivity contribution in [1.82, 2.24) is 9.97 Å². The molecule has 17 heavy (non-hydrogen) atoms. The highest BCUT2D eigenvalue weighted by Crippen LogP contribution is 2.38. The molecule has 2 rings (SSSR count). The lowest BCUT2D eigenvalue weighted by Crippen LogP contribution is -2.13. The van der Waals surface area contributed by atoms with Crippen LogP contribution in [0.3, 0.4) is 0 Å². The quantitative estimate of drug-likeness (QED) is 0.603. The van der Waals surface area contributed by atoms with Crippen molar-refractivity contribution in [3.05, 3.63) is 29.4 Å². The van der Waals surface area contributed by atoms with Gasteiger partial charge in [-0.15, -0.1) is 0 Å². The Morgan fingerprint density at radius 2 is 2.24 bits per heavy atom. The molecule has 0 amide bonds. The second kappa shape index (κ2) is 4.71. The minimum Gasteiger partial charge on any atom is -0.464 e. The summed E-state index contributed by atoms with van der Waals surface area (Å²) < 4.78 is 4.71. The second-order valence-corrected chi connectivity index (χ2v) is 4.05. The molecule has 1 heterocycles. The molecule has 1 aromatic heterocycles. The summed E-state index contributed by atoms with van der Waals surface area (Å²) in [5.74, 6) is 0.542. The molecule has 0 N–H and O–H groups in total. The van der Waals surface area contributed by atoms with Gasteiger partial charge in [0.05, 0.1) is 12.8 Å². The predicted octanol–water partition coefficient (Wildman–Crippen LogP) is 2.13. The van der Waals surface area contributed by atoms with Crippen LogP contribution in [0.1, 0.15) is 46.3 Å². The van der Waals surface area contributed by atoms with Gasteiger partial charge in [-0.05, 0) is 12.8 Å². The number of hydrogen-bond donors (Lipinski definition) is 0. The van der Waals surface area contributed by atoms with Gasteiger partial charge in [-0.1, -0.05) is 24.9 Å². The summed E-state index contributed by atoms with van der Waals surface area (Å²) in [5, 5.41) is 1.44. The van der Waals surface area contributed by atoms with Crippen molar-refractivity contribution in [3.63, 3.8) is 0 Å². The van der Waals surface area contributed by atoms with Crippen LogP contribution in [0, 0.1) is 0 Å². The van der Waals surface area contributed by atoms with Gasteiger partial charge in [0.2, 0.25) is 0 Å². The monoisotopic (exact) mass is 248 g/mol. The first kappa shape index (κ1) is 11.9. The number of carbonyl (C=O) groups excluding carboxylic acids is 1. The Morgan fingerprint density at radius 3 is 2.71 bits per heavy atom. The van der Waals surface area contributed by atoms with Crippen molar-refractivity contribution >= 4 is 29.6 Å². The molecule has 4 nitrogen and oxygen atoms in total. The van der Waals surface area contributed by atoms with Crippen LogP contribution < -0.4 is 0 Å². The van der Waals surface area contributed by atoms with E-state index in [4.69, 9.17) is 17.0 Å². The minimum atomic E-state index is -0.484. The number of ether oxygens (including phenoxy) is 1. The molecule has 0 saturated heterocycles. The summed E-state index contributed by atoms with van der Waals surface area (Å²) in [5.41, 5.74) is 1.35. The third-order valence-electron chi connectivity index (χ3n) is 2.63. The normalized spacial score (nSPS) is 14.2. The SMILES string of the molecule is C=Cc1c(C=S)nc(C2CC2)nc1C(=O)OC. The van der Waals surface area contributed by atoms with Crippen LogP contribution in [0.4, 0.5) is 0 Å². The molecule has 0 spiro atoms. The summed E-state index contributed by atoms with van der Waals surface area (Å²) in [4.78, 5) is 20.3. The van der Waals surface area contributed by atoms with Crippen LogP contribution in [0.15, 0.2) is 6.58 Å². The number of aromatic nitrogens is 2. The van der Waals surface area contributed by atoms with Gasteiger partial charge in [0.25, 0.3) is 0 Å². The van der Waals surface area contributed by atoms with Crippen LogP contribution in [-0.2, 0) is 4.74 Å². The van der Waals surface area contributed by atoms with E-state index in [1.54, 1.807) is 0 Å². The fraction of sp³-hybridized carbons (Fsp3) is 0.333. The summed E-state index contributed by atoms with van der Waals surface area (Å²) in [6.07, 6.45) is 3.65. The maximum atomic E-state index is 11.6. The van der Waals surface area contributed by atoms with E-state index in [1.165, 1.54) is 18.6 Å². The fourth-order valence-corrected chi connectivity index (χ4v) is 1.75. The summed E-state index contributed by atoms with van der Waals surface area (Å²) in [6.45, 7) is 3.65. The summed E-state index contributed by atoms with van der Waals surface area (Å²) in [6, 6.07) is 0. The fourth-order valence-electron chi connectivity index (χ4n) is 1.57. The Balaban J connectivity index is 2.59. The van der Waals surface area contributed by atoms with E-state index < -0.39 is 5.97 Å². The Labute approximate surface area is 105 Å². The van der Waals surface area contributed by atoms with E-state index in [-0.39, 0.29) is 5.69 Å². The molecule has 0 bridgehead atoms. The number of thiocarbonyl (C=S) groups is 1. The molecule has 0 radical (unpaired) electrons. The standard InChI is InChI=1S/C12H12N2O2S/c1-3-8-9(6-17)13-11(7-4-5-7)14-10(8)12(15)16-2/h3,6-7H,1,4-5H2,2H3. The van der Waals surface area contributed by atoms with E-state index in [0.29, 0.717) is 23.0 Å². The van der Waals surface area contributed by atoms with Crippen molar-refractivity contribution < 1.29 is 9.53 Å². The second-order valence-electron chi connectivity index (χ2n) is 3.82. The van der Waals surface area contributed by atoms with Crippen molar-refractivity contribution in [3.8, 4) is 0 Å². The lowest BCUT2D eigenvalue weighted by atomic mass is 10.1. The molecule has 0 aliphatic heterocycles. The molecule has 0 atom stereocenters. The minimum absolute atomic E-state index is 0.246. The van der Waals surface area contributed by atoms with Crippen molar-refractivity contribution in [2.75, 3.05) is 7.11 Å². The van der Waals surface area contributed by atoms with Gasteiger partial charge in [0, 0.05) is 16.8 Å². The van der Waals surface area contributed by atoms with Crippen LogP contribution in [0.5, 0.6) is 0 Å². The summed E-state index contributed by atoms with van der Waals surface area (Å²) in [7, 11) is 1.32. The molecule has 5 heteroatoms. The van der Waals surface area contributed by atoms with Gasteiger partial charge < -0.3 is 4.74 Å². The highest BCUT2D eigenvalue weighted by Gasteiger charge is 2.29. The lowest BCUT2D eigenvalue weighted by molar-refractivity contribution is 0.0593. The predicted molar refractivity (Wildman–Crippen MR) is 68.2 cm³/mol. The van der Waals surface area contributed by atoms with Crippen LogP contribution >= 0.6 is 12.2 Å². The van der Waals surface area contributed by atoms with Crippen LogP contribution in [0.2, 0.25) is 0 Å². The van der Waals surface area contributed by atoms with Gasteiger partial charge >= 0.3 is 5.97 Å². The maximum absolute atomic E-state index is 11.6. The van der Waals surface area contributed by atoms with Crippen molar-refractivity contribution in [1.29, 1.82) is 0 Å². The number of methoxy groups -OCH3 is 1. The van der Waals surface area contributed by atoms with Gasteiger partial charge in [-0.3, -0.25) is 0 Å². The molecule has 0 unspecified atom stereocenters. The third-order valence-corrected chi connectivity index (χ3v) is 2.85. The molecule has 1 saturated carbocycles. The highest BCUT2D eigenvalue weighted by molar-refractivity contribution is 7.79. The molecular formula is C12H12N2O2S. The van der Waals surface area contributed by atoms with Crippen molar-refractivity contribution in [2.24, 2.45) is 0 Å². The Hall–Kier alpha value is -1.62. The molecule has 0 aromatic carbocycles. The van der Waals surface area contributed by atoms with E-state index in [0.717, 1.165) is 12.8 Å². The van der Waals surface area contributed by atoms with E-state index in [2.05, 4.69) is 16.5 Å². The molecule has 1 aliphatic carbocycles. The van der Waals surface area contributed by atoms with Crippen molar-refractivity contribution in [2.45, 2.75) is 18.8 Å².